The molecule has 0 radical (unpaired) electrons. The summed E-state index contributed by atoms with van der Waals surface area (Å²) in [7, 11) is 0. The molecular formula is C21H24N2O4. The third-order valence-corrected chi connectivity index (χ3v) is 4.62. The largest absolute Gasteiger partial charge is 0.466 e. The minimum Gasteiger partial charge on any atom is -0.466 e. The Morgan fingerprint density at radius 2 is 2.11 bits per heavy atom. The summed E-state index contributed by atoms with van der Waals surface area (Å²) in [6.07, 6.45) is 9.27. The standard InChI is InChI=1S/C21H24N2O4/c24-15-16-7-6-11-23(14-16)21(26)19(13-18-10-4-5-12-27-18)22-20(25)17-8-2-1-3-9-17/h1-3,5,8-10,12-13,16,24H,4,6-7,11,14-15H2,(H,22,25)/b19-13-. The van der Waals surface area contributed by atoms with Crippen molar-refractivity contribution in [3.05, 3.63) is 71.8 Å². The Labute approximate surface area is 158 Å². The molecule has 0 spiro atoms. The first-order chi connectivity index (χ1) is 13.2. The van der Waals surface area contributed by atoms with Crippen molar-refractivity contribution in [2.45, 2.75) is 19.3 Å². The van der Waals surface area contributed by atoms with Gasteiger partial charge in [0.25, 0.3) is 11.8 Å². The summed E-state index contributed by atoms with van der Waals surface area (Å²) in [6.45, 7) is 1.14. The van der Waals surface area contributed by atoms with Crippen LogP contribution in [0, 0.1) is 5.92 Å². The molecule has 1 atom stereocenters. The number of amides is 2. The van der Waals surface area contributed by atoms with Gasteiger partial charge >= 0.3 is 0 Å². The Kier molecular flexibility index (Phi) is 6.44. The Morgan fingerprint density at radius 3 is 2.81 bits per heavy atom. The molecule has 1 aromatic carbocycles. The van der Waals surface area contributed by atoms with Gasteiger partial charge in [0.15, 0.2) is 0 Å². The van der Waals surface area contributed by atoms with Crippen LogP contribution in [-0.4, -0.2) is 41.5 Å². The second-order valence-electron chi connectivity index (χ2n) is 6.65. The second kappa shape index (κ2) is 9.19. The lowest BCUT2D eigenvalue weighted by molar-refractivity contribution is -0.129. The van der Waals surface area contributed by atoms with Crippen molar-refractivity contribution in [1.82, 2.24) is 10.2 Å². The molecule has 2 aliphatic heterocycles. The number of rotatable bonds is 5. The van der Waals surface area contributed by atoms with Gasteiger partial charge in [-0.05, 0) is 49.5 Å². The summed E-state index contributed by atoms with van der Waals surface area (Å²) < 4.78 is 5.42. The highest BCUT2D eigenvalue weighted by molar-refractivity contribution is 6.03. The number of nitrogens with one attached hydrogen (secondary N) is 1. The van der Waals surface area contributed by atoms with Crippen molar-refractivity contribution in [3.8, 4) is 0 Å². The van der Waals surface area contributed by atoms with Crippen LogP contribution in [0.2, 0.25) is 0 Å². The van der Waals surface area contributed by atoms with E-state index in [1.807, 2.05) is 18.2 Å². The summed E-state index contributed by atoms with van der Waals surface area (Å²) in [4.78, 5) is 27.3. The van der Waals surface area contributed by atoms with Crippen molar-refractivity contribution in [2.24, 2.45) is 5.92 Å². The van der Waals surface area contributed by atoms with Gasteiger partial charge in [-0.2, -0.15) is 0 Å². The molecule has 1 aromatic rings. The summed E-state index contributed by atoms with van der Waals surface area (Å²) in [6, 6.07) is 8.76. The summed E-state index contributed by atoms with van der Waals surface area (Å²) in [5.41, 5.74) is 0.644. The fourth-order valence-corrected chi connectivity index (χ4v) is 3.15. The predicted molar refractivity (Wildman–Crippen MR) is 101 cm³/mol. The molecule has 2 aliphatic rings. The topological polar surface area (TPSA) is 78.9 Å². The van der Waals surface area contributed by atoms with Crippen LogP contribution in [0.1, 0.15) is 29.6 Å². The third-order valence-electron chi connectivity index (χ3n) is 4.62. The first-order valence-electron chi connectivity index (χ1n) is 9.17. The molecule has 6 heteroatoms. The van der Waals surface area contributed by atoms with Crippen LogP contribution >= 0.6 is 0 Å². The van der Waals surface area contributed by atoms with Crippen LogP contribution in [-0.2, 0) is 9.53 Å². The second-order valence-corrected chi connectivity index (χ2v) is 6.65. The number of benzene rings is 1. The number of likely N-dealkylation sites (tertiary alicyclic amines) is 1. The molecule has 3 rings (SSSR count). The van der Waals surface area contributed by atoms with Crippen molar-refractivity contribution in [2.75, 3.05) is 19.7 Å². The molecule has 2 heterocycles. The number of aliphatic hydroxyl groups excluding tert-OH is 1. The van der Waals surface area contributed by atoms with Crippen LogP contribution in [0.4, 0.5) is 0 Å². The Morgan fingerprint density at radius 1 is 1.30 bits per heavy atom. The smallest absolute Gasteiger partial charge is 0.270 e. The highest BCUT2D eigenvalue weighted by Gasteiger charge is 2.26. The number of ether oxygens (including phenoxy) is 1. The Hall–Kier alpha value is -2.86. The van der Waals surface area contributed by atoms with Crippen molar-refractivity contribution >= 4 is 11.8 Å². The maximum atomic E-state index is 13.1. The van der Waals surface area contributed by atoms with Gasteiger partial charge in [-0.25, -0.2) is 0 Å². The van der Waals surface area contributed by atoms with Crippen LogP contribution in [0.25, 0.3) is 0 Å². The van der Waals surface area contributed by atoms with E-state index in [1.54, 1.807) is 41.5 Å². The molecule has 0 bridgehead atoms. The zero-order valence-corrected chi connectivity index (χ0v) is 15.1. The normalized spacial score (nSPS) is 19.9. The fraction of sp³-hybridized carbons (Fsp3) is 0.333. The molecule has 1 saturated heterocycles. The van der Waals surface area contributed by atoms with E-state index in [9.17, 15) is 14.7 Å². The number of piperidine rings is 1. The average molecular weight is 368 g/mol. The van der Waals surface area contributed by atoms with E-state index in [1.165, 1.54) is 0 Å². The van der Waals surface area contributed by atoms with Gasteiger partial charge in [-0.1, -0.05) is 18.2 Å². The quantitative estimate of drug-likeness (QED) is 0.782. The zero-order chi connectivity index (χ0) is 19.1. The van der Waals surface area contributed by atoms with E-state index < -0.39 is 0 Å². The number of allylic oxidation sites excluding steroid dienone is 3. The molecule has 0 saturated carbocycles. The SMILES string of the molecule is O=C(N/C(=C\C1=CCC=CO1)C(=O)N1CCCC(CO)C1)c1ccccc1. The maximum absolute atomic E-state index is 13.1. The molecule has 6 nitrogen and oxygen atoms in total. The molecule has 142 valence electrons. The lowest BCUT2D eigenvalue weighted by Gasteiger charge is -2.32. The van der Waals surface area contributed by atoms with Crippen molar-refractivity contribution in [3.63, 3.8) is 0 Å². The first kappa shape index (κ1) is 18.9. The number of hydrogen-bond acceptors (Lipinski definition) is 4. The Bertz CT molecular complexity index is 768. The highest BCUT2D eigenvalue weighted by atomic mass is 16.5. The summed E-state index contributed by atoms with van der Waals surface area (Å²) >= 11 is 0. The lowest BCUT2D eigenvalue weighted by atomic mass is 9.99. The lowest BCUT2D eigenvalue weighted by Crippen LogP contribution is -2.44. The average Bonchev–Trinajstić information content (AvgIpc) is 2.74. The van der Waals surface area contributed by atoms with E-state index in [4.69, 9.17) is 4.74 Å². The maximum Gasteiger partial charge on any atom is 0.270 e. The van der Waals surface area contributed by atoms with Gasteiger partial charge < -0.3 is 20.1 Å². The van der Waals surface area contributed by atoms with Gasteiger partial charge in [0.2, 0.25) is 0 Å². The van der Waals surface area contributed by atoms with Gasteiger partial charge in [0, 0.05) is 31.3 Å². The molecule has 0 aliphatic carbocycles. The number of carbonyl (C=O) groups excluding carboxylic acids is 2. The van der Waals surface area contributed by atoms with Crippen molar-refractivity contribution < 1.29 is 19.4 Å². The van der Waals surface area contributed by atoms with E-state index in [0.29, 0.717) is 30.8 Å². The molecule has 27 heavy (non-hydrogen) atoms. The number of hydrogen-bond donors (Lipinski definition) is 2. The molecule has 2 amide bonds. The van der Waals surface area contributed by atoms with Gasteiger partial charge in [0.05, 0.1) is 6.26 Å². The fourth-order valence-electron chi connectivity index (χ4n) is 3.15. The van der Waals surface area contributed by atoms with Gasteiger partial charge in [-0.15, -0.1) is 0 Å². The van der Waals surface area contributed by atoms with E-state index in [2.05, 4.69) is 5.32 Å². The molecule has 1 unspecified atom stereocenters. The number of aliphatic hydroxyl groups is 1. The van der Waals surface area contributed by atoms with Crippen LogP contribution in [0.5, 0.6) is 0 Å². The zero-order valence-electron chi connectivity index (χ0n) is 15.1. The van der Waals surface area contributed by atoms with E-state index in [-0.39, 0.29) is 30.0 Å². The van der Waals surface area contributed by atoms with Gasteiger partial charge in [0.1, 0.15) is 11.5 Å². The monoisotopic (exact) mass is 368 g/mol. The summed E-state index contributed by atoms with van der Waals surface area (Å²) in [5.74, 6) is -0.0267. The minimum atomic E-state index is -0.349. The van der Waals surface area contributed by atoms with Crippen LogP contribution in [0.3, 0.4) is 0 Å². The van der Waals surface area contributed by atoms with E-state index in [0.717, 1.165) is 12.8 Å². The number of carbonyl (C=O) groups is 2. The van der Waals surface area contributed by atoms with Crippen molar-refractivity contribution in [1.29, 1.82) is 0 Å². The molecule has 0 aromatic heterocycles. The molecule has 1 fully saturated rings. The van der Waals surface area contributed by atoms with E-state index >= 15 is 0 Å². The van der Waals surface area contributed by atoms with Crippen LogP contribution in [0.15, 0.2) is 66.3 Å². The molecular weight excluding hydrogens is 344 g/mol. The Balaban J connectivity index is 1.81. The van der Waals surface area contributed by atoms with Gasteiger partial charge in [-0.3, -0.25) is 9.59 Å². The minimum absolute atomic E-state index is 0.0538. The third kappa shape index (κ3) is 5.08. The van der Waals surface area contributed by atoms with Crippen LogP contribution < -0.4 is 5.32 Å². The number of nitrogens with zero attached hydrogens (tertiary/aromatic N) is 1. The first-order valence-corrected chi connectivity index (χ1v) is 9.17. The molecule has 2 N–H and O–H groups in total. The predicted octanol–water partition coefficient (Wildman–Crippen LogP) is 2.35. The highest BCUT2D eigenvalue weighted by Crippen LogP contribution is 2.19. The summed E-state index contributed by atoms with van der Waals surface area (Å²) in [5, 5.41) is 12.2.